The molecule has 2 fully saturated rings. The van der Waals surface area contributed by atoms with Crippen molar-refractivity contribution in [3.8, 4) is 11.4 Å². The minimum atomic E-state index is -1.12. The molecule has 4 atom stereocenters. The molecule has 7 nitrogen and oxygen atoms in total. The fraction of sp³-hybridized carbons (Fsp3) is 0.250. The quantitative estimate of drug-likeness (QED) is 0.422. The molecule has 1 aromatic heterocycles. The number of nitrogens with zero attached hydrogens (tertiary/aromatic N) is 3. The maximum atomic E-state index is 13.5. The molecule has 37 heavy (non-hydrogen) atoms. The molecule has 1 aliphatic heterocycles. The number of aromatic nitrogens is 2. The average molecular weight is 503 g/mol. The molecular formula is C28H24F2N4O3. The zero-order valence-corrected chi connectivity index (χ0v) is 20.0. The molecule has 2 amide bonds. The first-order valence-electron chi connectivity index (χ1n) is 12.1. The van der Waals surface area contributed by atoms with Crippen LogP contribution in [-0.4, -0.2) is 40.9 Å². The van der Waals surface area contributed by atoms with E-state index < -0.39 is 24.2 Å². The molecule has 6 rings (SSSR count). The number of benzene rings is 3. The molecule has 3 aromatic carbocycles. The first-order chi connectivity index (χ1) is 17.9. The summed E-state index contributed by atoms with van der Waals surface area (Å²) in [6.07, 6.45) is 0.874. The van der Waals surface area contributed by atoms with Gasteiger partial charge in [-0.1, -0.05) is 12.1 Å². The number of fused-ring (bicyclic) bond motifs is 1. The van der Waals surface area contributed by atoms with Gasteiger partial charge < -0.3 is 15.0 Å². The Hall–Kier alpha value is -4.27. The number of ether oxygens (including phenoxy) is 1. The SMILES string of the molecule is COc1cccc(C2C(NC(=O)[C@@H]3C[C@H]3F)CC(=O)N2c2ccc3c(cnn3-c3ccc(F)cc3)c2)c1. The number of hydrogen-bond donors (Lipinski definition) is 1. The first kappa shape index (κ1) is 23.1. The largest absolute Gasteiger partial charge is 0.497 e. The smallest absolute Gasteiger partial charge is 0.229 e. The highest BCUT2D eigenvalue weighted by Gasteiger charge is 2.48. The summed E-state index contributed by atoms with van der Waals surface area (Å²) in [6, 6.07) is 17.9. The summed E-state index contributed by atoms with van der Waals surface area (Å²) >= 11 is 0. The summed E-state index contributed by atoms with van der Waals surface area (Å²) in [6.45, 7) is 0. The zero-order valence-electron chi connectivity index (χ0n) is 20.0. The lowest BCUT2D eigenvalue weighted by Gasteiger charge is -2.29. The van der Waals surface area contributed by atoms with Gasteiger partial charge in [-0.25, -0.2) is 13.5 Å². The number of rotatable bonds is 6. The van der Waals surface area contributed by atoms with Gasteiger partial charge in [0, 0.05) is 17.5 Å². The predicted molar refractivity (Wildman–Crippen MR) is 134 cm³/mol. The molecule has 188 valence electrons. The van der Waals surface area contributed by atoms with Crippen molar-refractivity contribution in [3.63, 3.8) is 0 Å². The Morgan fingerprint density at radius 1 is 1.08 bits per heavy atom. The summed E-state index contributed by atoms with van der Waals surface area (Å²) in [5, 5.41) is 8.17. The number of alkyl halides is 1. The van der Waals surface area contributed by atoms with Crippen LogP contribution in [0.15, 0.2) is 72.9 Å². The van der Waals surface area contributed by atoms with E-state index in [0.29, 0.717) is 17.1 Å². The topological polar surface area (TPSA) is 76.5 Å². The van der Waals surface area contributed by atoms with Gasteiger partial charge in [-0.15, -0.1) is 0 Å². The number of amides is 2. The summed E-state index contributed by atoms with van der Waals surface area (Å²) in [5.41, 5.74) is 2.96. The molecule has 0 bridgehead atoms. The third-order valence-corrected chi connectivity index (χ3v) is 7.04. The normalized spacial score (nSPS) is 22.9. The van der Waals surface area contributed by atoms with Gasteiger partial charge in [-0.2, -0.15) is 5.10 Å². The van der Waals surface area contributed by atoms with Gasteiger partial charge in [0.15, 0.2) is 0 Å². The van der Waals surface area contributed by atoms with Crippen molar-refractivity contribution in [1.82, 2.24) is 15.1 Å². The molecule has 1 saturated carbocycles. The van der Waals surface area contributed by atoms with Crippen molar-refractivity contribution in [3.05, 3.63) is 84.3 Å². The first-order valence-corrected chi connectivity index (χ1v) is 12.1. The highest BCUT2D eigenvalue weighted by atomic mass is 19.1. The van der Waals surface area contributed by atoms with E-state index in [4.69, 9.17) is 4.74 Å². The van der Waals surface area contributed by atoms with Gasteiger partial charge in [-0.05, 0) is 66.6 Å². The molecule has 2 heterocycles. The highest BCUT2D eigenvalue weighted by Crippen LogP contribution is 2.41. The molecule has 1 saturated heterocycles. The van der Waals surface area contributed by atoms with Crippen molar-refractivity contribution >= 4 is 28.4 Å². The van der Waals surface area contributed by atoms with Crippen molar-refractivity contribution in [2.24, 2.45) is 5.92 Å². The lowest BCUT2D eigenvalue weighted by Crippen LogP contribution is -2.41. The van der Waals surface area contributed by atoms with E-state index in [1.165, 1.54) is 12.1 Å². The van der Waals surface area contributed by atoms with E-state index >= 15 is 0 Å². The summed E-state index contributed by atoms with van der Waals surface area (Å²) in [4.78, 5) is 27.7. The molecule has 4 aromatic rings. The Kier molecular flexibility index (Phi) is 5.62. The molecule has 0 spiro atoms. The third kappa shape index (κ3) is 4.20. The van der Waals surface area contributed by atoms with Gasteiger partial charge >= 0.3 is 0 Å². The van der Waals surface area contributed by atoms with Crippen molar-refractivity contribution < 1.29 is 23.1 Å². The molecule has 1 aliphatic carbocycles. The van der Waals surface area contributed by atoms with E-state index in [9.17, 15) is 18.4 Å². The average Bonchev–Trinajstić information content (AvgIpc) is 3.35. The van der Waals surface area contributed by atoms with E-state index in [2.05, 4.69) is 10.4 Å². The Morgan fingerprint density at radius 3 is 2.57 bits per heavy atom. The van der Waals surface area contributed by atoms with Crippen LogP contribution in [0.3, 0.4) is 0 Å². The van der Waals surface area contributed by atoms with Crippen molar-refractivity contribution in [2.45, 2.75) is 31.1 Å². The van der Waals surface area contributed by atoms with Crippen LogP contribution in [0, 0.1) is 11.7 Å². The van der Waals surface area contributed by atoms with Crippen LogP contribution in [0.5, 0.6) is 5.75 Å². The molecular weight excluding hydrogens is 478 g/mol. The number of anilines is 1. The van der Waals surface area contributed by atoms with Crippen LogP contribution in [-0.2, 0) is 9.59 Å². The number of methoxy groups -OCH3 is 1. The van der Waals surface area contributed by atoms with Crippen LogP contribution in [0.4, 0.5) is 14.5 Å². The minimum Gasteiger partial charge on any atom is -0.497 e. The van der Waals surface area contributed by atoms with Gasteiger partial charge in [0.25, 0.3) is 0 Å². The second kappa shape index (κ2) is 8.99. The van der Waals surface area contributed by atoms with E-state index in [1.54, 1.807) is 35.0 Å². The van der Waals surface area contributed by atoms with E-state index in [0.717, 1.165) is 16.5 Å². The second-order valence-corrected chi connectivity index (χ2v) is 9.44. The minimum absolute atomic E-state index is 0.0875. The number of nitrogens with one attached hydrogen (secondary N) is 1. The predicted octanol–water partition coefficient (Wildman–Crippen LogP) is 4.49. The number of hydrogen-bond acceptors (Lipinski definition) is 4. The molecule has 2 aliphatic rings. The Morgan fingerprint density at radius 2 is 1.84 bits per heavy atom. The van der Waals surface area contributed by atoms with Crippen molar-refractivity contribution in [1.29, 1.82) is 0 Å². The molecule has 2 unspecified atom stereocenters. The van der Waals surface area contributed by atoms with Crippen LogP contribution < -0.4 is 15.0 Å². The lowest BCUT2D eigenvalue weighted by atomic mass is 9.99. The monoisotopic (exact) mass is 502 g/mol. The van der Waals surface area contributed by atoms with E-state index in [-0.39, 0.29) is 30.5 Å². The number of carbonyl (C=O) groups is 2. The second-order valence-electron chi connectivity index (χ2n) is 9.44. The Labute approximate surface area is 211 Å². The maximum absolute atomic E-state index is 13.5. The van der Waals surface area contributed by atoms with Crippen LogP contribution in [0.25, 0.3) is 16.6 Å². The molecule has 9 heteroatoms. The standard InChI is InChI=1S/C28H24F2N4O3/c1-37-21-4-2-3-16(12-21)27-24(32-28(36)22-13-23(22)30)14-26(35)33(27)20-9-10-25-17(11-20)15-31-34(25)19-7-5-18(29)6-8-19/h2-12,15,22-24,27H,13-14H2,1H3,(H,32,36)/t22-,23-,24?,27?/m1/s1. The van der Waals surface area contributed by atoms with Gasteiger partial charge in [0.1, 0.15) is 17.7 Å². The summed E-state index contributed by atoms with van der Waals surface area (Å²) in [7, 11) is 1.57. The fourth-order valence-electron chi connectivity index (χ4n) is 5.06. The Balaban J connectivity index is 1.38. The zero-order chi connectivity index (χ0) is 25.7. The number of halogens is 2. The van der Waals surface area contributed by atoms with E-state index in [1.807, 2.05) is 42.5 Å². The van der Waals surface area contributed by atoms with Crippen molar-refractivity contribution in [2.75, 3.05) is 12.0 Å². The van der Waals surface area contributed by atoms with Crippen LogP contribution >= 0.6 is 0 Å². The highest BCUT2D eigenvalue weighted by molar-refractivity contribution is 6.00. The maximum Gasteiger partial charge on any atom is 0.229 e. The molecule has 1 N–H and O–H groups in total. The van der Waals surface area contributed by atoms with Gasteiger partial charge in [0.2, 0.25) is 11.8 Å². The summed E-state index contributed by atoms with van der Waals surface area (Å²) in [5.74, 6) is -0.872. The fourth-order valence-corrected chi connectivity index (χ4v) is 5.06. The van der Waals surface area contributed by atoms with Crippen LogP contribution in [0.2, 0.25) is 0 Å². The van der Waals surface area contributed by atoms with Gasteiger partial charge in [-0.3, -0.25) is 9.59 Å². The van der Waals surface area contributed by atoms with Crippen LogP contribution in [0.1, 0.15) is 24.4 Å². The molecule has 0 radical (unpaired) electrons. The number of carbonyl (C=O) groups excluding carboxylic acids is 2. The lowest BCUT2D eigenvalue weighted by molar-refractivity contribution is -0.123. The third-order valence-electron chi connectivity index (χ3n) is 7.04. The summed E-state index contributed by atoms with van der Waals surface area (Å²) < 4.78 is 34.0. The Bertz CT molecular complexity index is 1500. The van der Waals surface area contributed by atoms with Gasteiger partial charge in [0.05, 0.1) is 42.5 Å².